The molecule has 0 radical (unpaired) electrons. The first kappa shape index (κ1) is 14.5. The number of rotatable bonds is 5. The Morgan fingerprint density at radius 2 is 2.29 bits per heavy atom. The van der Waals surface area contributed by atoms with E-state index in [1.165, 1.54) is 0 Å². The first-order valence-corrected chi connectivity index (χ1v) is 6.61. The molecule has 4 heteroatoms. The lowest BCUT2D eigenvalue weighted by atomic mass is 9.74. The number of amides is 1. The molecule has 1 heterocycles. The molecule has 1 aliphatic rings. The fraction of sp³-hybridized carbons (Fsp3) is 0.923. The lowest BCUT2D eigenvalue weighted by Crippen LogP contribution is -2.49. The molecule has 2 atom stereocenters. The Morgan fingerprint density at radius 1 is 1.59 bits per heavy atom. The van der Waals surface area contributed by atoms with Crippen LogP contribution < -0.4 is 10.6 Å². The molecule has 17 heavy (non-hydrogen) atoms. The molecule has 0 aromatic carbocycles. The fourth-order valence-electron chi connectivity index (χ4n) is 2.33. The highest BCUT2D eigenvalue weighted by molar-refractivity contribution is 5.82. The van der Waals surface area contributed by atoms with E-state index in [1.54, 1.807) is 0 Å². The van der Waals surface area contributed by atoms with Gasteiger partial charge in [0, 0.05) is 18.1 Å². The van der Waals surface area contributed by atoms with Gasteiger partial charge in [-0.25, -0.2) is 0 Å². The average Bonchev–Trinajstić information content (AvgIpc) is 2.30. The summed E-state index contributed by atoms with van der Waals surface area (Å²) in [5.74, 6) is 0.504. The first-order chi connectivity index (χ1) is 7.98. The summed E-state index contributed by atoms with van der Waals surface area (Å²) in [4.78, 5) is 12.2. The zero-order valence-electron chi connectivity index (χ0n) is 11.3. The fourth-order valence-corrected chi connectivity index (χ4v) is 2.33. The van der Waals surface area contributed by atoms with Crippen molar-refractivity contribution in [1.82, 2.24) is 10.6 Å². The van der Waals surface area contributed by atoms with Crippen molar-refractivity contribution in [3.05, 3.63) is 0 Å². The highest BCUT2D eigenvalue weighted by Crippen LogP contribution is 2.32. The monoisotopic (exact) mass is 242 g/mol. The van der Waals surface area contributed by atoms with Crippen LogP contribution in [0.1, 0.15) is 40.0 Å². The van der Waals surface area contributed by atoms with Gasteiger partial charge in [-0.2, -0.15) is 0 Å². The van der Waals surface area contributed by atoms with Crippen LogP contribution in [0, 0.1) is 11.3 Å². The van der Waals surface area contributed by atoms with E-state index in [4.69, 9.17) is 5.11 Å². The molecule has 3 N–H and O–H groups in total. The second-order valence-electron chi connectivity index (χ2n) is 5.65. The van der Waals surface area contributed by atoms with Crippen molar-refractivity contribution in [3.63, 3.8) is 0 Å². The van der Waals surface area contributed by atoms with Gasteiger partial charge in [0.1, 0.15) is 0 Å². The smallest absolute Gasteiger partial charge is 0.226 e. The number of aliphatic hydroxyl groups is 1. The quantitative estimate of drug-likeness (QED) is 0.671. The Hall–Kier alpha value is -0.610. The summed E-state index contributed by atoms with van der Waals surface area (Å²) in [5.41, 5.74) is -0.336. The summed E-state index contributed by atoms with van der Waals surface area (Å²) >= 11 is 0. The third-order valence-electron chi connectivity index (χ3n) is 3.84. The summed E-state index contributed by atoms with van der Waals surface area (Å²) in [6.45, 7) is 8.08. The van der Waals surface area contributed by atoms with Crippen LogP contribution in [0.25, 0.3) is 0 Å². The van der Waals surface area contributed by atoms with Gasteiger partial charge in [0.25, 0.3) is 0 Å². The van der Waals surface area contributed by atoms with Crippen molar-refractivity contribution in [2.45, 2.75) is 46.1 Å². The molecule has 0 aromatic rings. The molecule has 1 amide bonds. The van der Waals surface area contributed by atoms with Gasteiger partial charge in [-0.05, 0) is 45.2 Å². The third-order valence-corrected chi connectivity index (χ3v) is 3.84. The van der Waals surface area contributed by atoms with Gasteiger partial charge in [-0.3, -0.25) is 4.79 Å². The zero-order valence-corrected chi connectivity index (χ0v) is 11.3. The van der Waals surface area contributed by atoms with E-state index in [0.29, 0.717) is 12.3 Å². The van der Waals surface area contributed by atoms with E-state index >= 15 is 0 Å². The Labute approximate surface area is 104 Å². The predicted octanol–water partition coefficient (Wildman–Crippen LogP) is 0.899. The van der Waals surface area contributed by atoms with E-state index in [0.717, 1.165) is 25.9 Å². The largest absolute Gasteiger partial charge is 0.396 e. The van der Waals surface area contributed by atoms with Crippen LogP contribution in [0.2, 0.25) is 0 Å². The SMILES string of the molecule is CC(CCO)NC(=O)C(C)(C)C1CCCNC1. The number of piperidine rings is 1. The zero-order chi connectivity index (χ0) is 12.9. The van der Waals surface area contributed by atoms with Gasteiger partial charge in [0.15, 0.2) is 0 Å². The van der Waals surface area contributed by atoms with E-state index in [2.05, 4.69) is 10.6 Å². The van der Waals surface area contributed by atoms with E-state index in [-0.39, 0.29) is 24.0 Å². The van der Waals surface area contributed by atoms with Crippen molar-refractivity contribution in [1.29, 1.82) is 0 Å². The molecule has 2 unspecified atom stereocenters. The molecule has 1 rings (SSSR count). The van der Waals surface area contributed by atoms with Crippen molar-refractivity contribution in [2.24, 2.45) is 11.3 Å². The summed E-state index contributed by atoms with van der Waals surface area (Å²) in [6.07, 6.45) is 2.88. The van der Waals surface area contributed by atoms with Crippen molar-refractivity contribution < 1.29 is 9.90 Å². The maximum atomic E-state index is 12.2. The molecule has 0 saturated carbocycles. The van der Waals surface area contributed by atoms with Gasteiger partial charge < -0.3 is 15.7 Å². The highest BCUT2D eigenvalue weighted by Gasteiger charge is 2.37. The number of hydrogen-bond acceptors (Lipinski definition) is 3. The minimum atomic E-state index is -0.336. The van der Waals surface area contributed by atoms with Crippen molar-refractivity contribution in [3.8, 4) is 0 Å². The number of nitrogens with one attached hydrogen (secondary N) is 2. The summed E-state index contributed by atoms with van der Waals surface area (Å²) < 4.78 is 0. The van der Waals surface area contributed by atoms with Gasteiger partial charge in [0.2, 0.25) is 5.91 Å². The minimum Gasteiger partial charge on any atom is -0.396 e. The Bertz CT molecular complexity index is 248. The molecule has 0 spiro atoms. The molecule has 4 nitrogen and oxygen atoms in total. The van der Waals surface area contributed by atoms with Crippen LogP contribution in [0.15, 0.2) is 0 Å². The standard InChI is InChI=1S/C13H26N2O2/c1-10(6-8-16)15-12(17)13(2,3)11-5-4-7-14-9-11/h10-11,14,16H,4-9H2,1-3H3,(H,15,17). The van der Waals surface area contributed by atoms with Crippen LogP contribution >= 0.6 is 0 Å². The molecule has 100 valence electrons. The Balaban J connectivity index is 2.52. The van der Waals surface area contributed by atoms with Crippen LogP contribution in [-0.2, 0) is 4.79 Å². The lowest BCUT2D eigenvalue weighted by molar-refractivity contribution is -0.133. The van der Waals surface area contributed by atoms with Crippen molar-refractivity contribution in [2.75, 3.05) is 19.7 Å². The third kappa shape index (κ3) is 3.96. The number of carbonyl (C=O) groups excluding carboxylic acids is 1. The molecule has 0 bridgehead atoms. The van der Waals surface area contributed by atoms with Crippen LogP contribution in [-0.4, -0.2) is 36.8 Å². The molecule has 1 fully saturated rings. The maximum Gasteiger partial charge on any atom is 0.226 e. The summed E-state index contributed by atoms with van der Waals surface area (Å²) in [7, 11) is 0. The summed E-state index contributed by atoms with van der Waals surface area (Å²) in [5, 5.41) is 15.2. The second kappa shape index (κ2) is 6.36. The molecular weight excluding hydrogens is 216 g/mol. The maximum absolute atomic E-state index is 12.2. The molecule has 0 aliphatic carbocycles. The first-order valence-electron chi connectivity index (χ1n) is 6.61. The van der Waals surface area contributed by atoms with Crippen LogP contribution in [0.5, 0.6) is 0 Å². The van der Waals surface area contributed by atoms with Gasteiger partial charge >= 0.3 is 0 Å². The molecular formula is C13H26N2O2. The Morgan fingerprint density at radius 3 is 2.82 bits per heavy atom. The summed E-state index contributed by atoms with van der Waals surface area (Å²) in [6, 6.07) is 0.0447. The van der Waals surface area contributed by atoms with Gasteiger partial charge in [-0.15, -0.1) is 0 Å². The number of aliphatic hydroxyl groups excluding tert-OH is 1. The molecule has 0 aromatic heterocycles. The van der Waals surface area contributed by atoms with Crippen LogP contribution in [0.4, 0.5) is 0 Å². The van der Waals surface area contributed by atoms with E-state index in [1.807, 2.05) is 20.8 Å². The minimum absolute atomic E-state index is 0.0447. The van der Waals surface area contributed by atoms with E-state index in [9.17, 15) is 4.79 Å². The lowest BCUT2D eigenvalue weighted by Gasteiger charge is -2.36. The normalized spacial score (nSPS) is 23.2. The topological polar surface area (TPSA) is 61.4 Å². The number of hydrogen-bond donors (Lipinski definition) is 3. The van der Waals surface area contributed by atoms with Crippen LogP contribution in [0.3, 0.4) is 0 Å². The Kier molecular flexibility index (Phi) is 5.40. The van der Waals surface area contributed by atoms with Gasteiger partial charge in [0.05, 0.1) is 0 Å². The number of carbonyl (C=O) groups is 1. The molecule has 1 saturated heterocycles. The predicted molar refractivity (Wildman–Crippen MR) is 68.7 cm³/mol. The molecule has 1 aliphatic heterocycles. The van der Waals surface area contributed by atoms with Crippen molar-refractivity contribution >= 4 is 5.91 Å². The highest BCUT2D eigenvalue weighted by atomic mass is 16.3. The second-order valence-corrected chi connectivity index (χ2v) is 5.65. The van der Waals surface area contributed by atoms with Gasteiger partial charge in [-0.1, -0.05) is 13.8 Å². The average molecular weight is 242 g/mol. The van der Waals surface area contributed by atoms with E-state index < -0.39 is 0 Å².